The summed E-state index contributed by atoms with van der Waals surface area (Å²) in [6.07, 6.45) is -0.126. The van der Waals surface area contributed by atoms with Gasteiger partial charge >= 0.3 is 6.36 Å². The number of carbonyl (C=O) groups is 1. The van der Waals surface area contributed by atoms with Gasteiger partial charge in [0.05, 0.1) is 5.56 Å². The number of halogens is 3. The molecule has 1 aliphatic heterocycles. The number of anilines is 1. The van der Waals surface area contributed by atoms with E-state index in [0.717, 1.165) is 18.4 Å². The van der Waals surface area contributed by atoms with Gasteiger partial charge in [0, 0.05) is 32.1 Å². The van der Waals surface area contributed by atoms with Crippen molar-refractivity contribution in [1.29, 1.82) is 0 Å². The topological polar surface area (TPSA) is 76.6 Å². The molecule has 31 heavy (non-hydrogen) atoms. The number of carbonyl (C=O) groups excluding carboxylic acids is 1. The minimum atomic E-state index is -4.76. The van der Waals surface area contributed by atoms with Gasteiger partial charge < -0.3 is 19.7 Å². The van der Waals surface area contributed by atoms with Crippen LogP contribution in [0.1, 0.15) is 54.1 Å². The highest BCUT2D eigenvalue weighted by molar-refractivity contribution is 5.93. The summed E-state index contributed by atoms with van der Waals surface area (Å²) in [5.41, 5.74) is 1.66. The smallest absolute Gasteiger partial charge is 0.406 e. The Morgan fingerprint density at radius 3 is 2.65 bits per heavy atom. The van der Waals surface area contributed by atoms with E-state index in [1.165, 1.54) is 24.5 Å². The lowest BCUT2D eigenvalue weighted by Gasteiger charge is -2.19. The van der Waals surface area contributed by atoms with Crippen molar-refractivity contribution < 1.29 is 27.4 Å². The molecule has 1 fully saturated rings. The van der Waals surface area contributed by atoms with E-state index in [0.29, 0.717) is 24.3 Å². The summed E-state index contributed by atoms with van der Waals surface area (Å²) in [6, 6.07) is 4.51. The number of hydrogen-bond donors (Lipinski definition) is 1. The van der Waals surface area contributed by atoms with Gasteiger partial charge in [0.15, 0.2) is 0 Å². The van der Waals surface area contributed by atoms with Crippen molar-refractivity contribution in [1.82, 2.24) is 14.9 Å². The molecule has 1 amide bonds. The van der Waals surface area contributed by atoms with Gasteiger partial charge in [-0.1, -0.05) is 19.9 Å². The minimum absolute atomic E-state index is 0.0278. The molecule has 0 radical (unpaired) electrons. The summed E-state index contributed by atoms with van der Waals surface area (Å²) >= 11 is 0. The van der Waals surface area contributed by atoms with Crippen LogP contribution in [0.4, 0.5) is 19.1 Å². The van der Waals surface area contributed by atoms with Crippen LogP contribution in [0, 0.1) is 0 Å². The van der Waals surface area contributed by atoms with Gasteiger partial charge in [0.1, 0.15) is 12.5 Å². The Hall–Kier alpha value is -2.88. The number of alkyl halides is 3. The Labute approximate surface area is 178 Å². The normalized spacial score (nSPS) is 15.0. The highest BCUT2D eigenvalue weighted by atomic mass is 19.4. The second kappa shape index (κ2) is 9.95. The summed E-state index contributed by atoms with van der Waals surface area (Å²) in [5, 5.41) is 2.96. The van der Waals surface area contributed by atoms with E-state index in [1.54, 1.807) is 11.0 Å². The van der Waals surface area contributed by atoms with Crippen LogP contribution in [-0.2, 0) is 11.3 Å². The fraction of sp³-hybridized carbons (Fsp3) is 0.476. The average molecular weight is 438 g/mol. The zero-order valence-electron chi connectivity index (χ0n) is 17.4. The van der Waals surface area contributed by atoms with E-state index in [-0.39, 0.29) is 36.8 Å². The number of rotatable bonds is 6. The van der Waals surface area contributed by atoms with E-state index in [1.807, 2.05) is 13.8 Å². The van der Waals surface area contributed by atoms with E-state index in [2.05, 4.69) is 20.0 Å². The number of aromatic nitrogens is 2. The molecule has 10 heteroatoms. The number of benzene rings is 1. The molecule has 0 spiro atoms. The van der Waals surface area contributed by atoms with Crippen molar-refractivity contribution in [3.63, 3.8) is 0 Å². The van der Waals surface area contributed by atoms with Crippen molar-refractivity contribution in [3.8, 4) is 5.75 Å². The molecular formula is C21H25F3N4O3. The summed E-state index contributed by atoms with van der Waals surface area (Å²) in [5.74, 6) is -0.180. The van der Waals surface area contributed by atoms with Gasteiger partial charge in [-0.05, 0) is 42.0 Å². The van der Waals surface area contributed by atoms with Crippen LogP contribution >= 0.6 is 0 Å². The molecule has 1 aromatic heterocycles. The van der Waals surface area contributed by atoms with Gasteiger partial charge in [-0.15, -0.1) is 13.2 Å². The fourth-order valence-corrected chi connectivity index (χ4v) is 3.11. The Morgan fingerprint density at radius 1 is 1.23 bits per heavy atom. The number of ether oxygens (including phenoxy) is 2. The van der Waals surface area contributed by atoms with E-state index in [9.17, 15) is 18.0 Å². The maximum atomic E-state index is 12.6. The van der Waals surface area contributed by atoms with Gasteiger partial charge in [0.25, 0.3) is 5.91 Å². The number of nitrogens with zero attached hydrogens (tertiary/aromatic N) is 3. The van der Waals surface area contributed by atoms with Crippen LogP contribution in [0.5, 0.6) is 5.75 Å². The molecule has 1 aliphatic rings. The zero-order valence-corrected chi connectivity index (χ0v) is 17.4. The van der Waals surface area contributed by atoms with Crippen LogP contribution < -0.4 is 10.1 Å². The zero-order chi connectivity index (χ0) is 22.4. The van der Waals surface area contributed by atoms with Gasteiger partial charge in [-0.3, -0.25) is 4.79 Å². The average Bonchev–Trinajstić information content (AvgIpc) is 3.00. The van der Waals surface area contributed by atoms with Gasteiger partial charge in [-0.25, -0.2) is 9.97 Å². The van der Waals surface area contributed by atoms with Gasteiger partial charge in [-0.2, -0.15) is 0 Å². The monoisotopic (exact) mass is 438 g/mol. The van der Waals surface area contributed by atoms with E-state index in [4.69, 9.17) is 4.74 Å². The highest BCUT2D eigenvalue weighted by Crippen LogP contribution is 2.28. The maximum Gasteiger partial charge on any atom is 0.573 e. The largest absolute Gasteiger partial charge is 0.573 e. The standard InChI is InChI=1S/C21H25F3N4O3/c1-14(2)16-7-15(8-18(9-16)31-21(22,23)24)10-25-20-26-11-17(12-27-20)19(29)28-5-3-4-6-30-13-28/h7-9,11-12,14H,3-6,10,13H2,1-2H3,(H,25,26,27). The van der Waals surface area contributed by atoms with E-state index < -0.39 is 6.36 Å². The SMILES string of the molecule is CC(C)c1cc(CNc2ncc(C(=O)N3CCCCOC3)cn2)cc(OC(F)(F)F)c1. The third-order valence-corrected chi connectivity index (χ3v) is 4.74. The van der Waals surface area contributed by atoms with Crippen LogP contribution in [0.15, 0.2) is 30.6 Å². The molecule has 2 aromatic rings. The van der Waals surface area contributed by atoms with Crippen LogP contribution in [0.3, 0.4) is 0 Å². The molecule has 0 unspecified atom stereocenters. The van der Waals surface area contributed by atoms with Crippen molar-refractivity contribution in [2.45, 2.75) is 45.5 Å². The van der Waals surface area contributed by atoms with Crippen LogP contribution in [-0.4, -0.2) is 47.0 Å². The molecule has 0 aliphatic carbocycles. The van der Waals surface area contributed by atoms with E-state index >= 15 is 0 Å². The lowest BCUT2D eigenvalue weighted by atomic mass is 10.0. The van der Waals surface area contributed by atoms with Crippen molar-refractivity contribution in [2.24, 2.45) is 0 Å². The first-order valence-corrected chi connectivity index (χ1v) is 10.0. The quantitative estimate of drug-likeness (QED) is 0.724. The summed E-state index contributed by atoms with van der Waals surface area (Å²) in [6.45, 7) is 5.47. The number of amides is 1. The Balaban J connectivity index is 1.66. The van der Waals surface area contributed by atoms with Crippen LogP contribution in [0.2, 0.25) is 0 Å². The predicted molar refractivity (Wildman–Crippen MR) is 108 cm³/mol. The Morgan fingerprint density at radius 2 is 1.97 bits per heavy atom. The minimum Gasteiger partial charge on any atom is -0.406 e. The van der Waals surface area contributed by atoms with Crippen molar-refractivity contribution in [2.75, 3.05) is 25.2 Å². The first-order valence-electron chi connectivity index (χ1n) is 10.0. The second-order valence-corrected chi connectivity index (χ2v) is 7.57. The molecule has 7 nitrogen and oxygen atoms in total. The third kappa shape index (κ3) is 6.81. The summed E-state index contributed by atoms with van der Waals surface area (Å²) in [4.78, 5) is 22.4. The molecule has 0 saturated carbocycles. The molecule has 0 bridgehead atoms. The highest BCUT2D eigenvalue weighted by Gasteiger charge is 2.31. The summed E-state index contributed by atoms with van der Waals surface area (Å²) < 4.78 is 47.3. The Kier molecular flexibility index (Phi) is 7.32. The molecule has 2 heterocycles. The van der Waals surface area contributed by atoms with Crippen molar-refractivity contribution in [3.05, 3.63) is 47.3 Å². The molecule has 1 saturated heterocycles. The van der Waals surface area contributed by atoms with Crippen molar-refractivity contribution >= 4 is 11.9 Å². The summed E-state index contributed by atoms with van der Waals surface area (Å²) in [7, 11) is 0. The van der Waals surface area contributed by atoms with Gasteiger partial charge in [0.2, 0.25) is 5.95 Å². The second-order valence-electron chi connectivity index (χ2n) is 7.57. The lowest BCUT2D eigenvalue weighted by molar-refractivity contribution is -0.274. The predicted octanol–water partition coefficient (Wildman–Crippen LogP) is 4.32. The number of nitrogens with one attached hydrogen (secondary N) is 1. The Bertz CT molecular complexity index is 880. The first-order chi connectivity index (χ1) is 14.7. The molecular weight excluding hydrogens is 413 g/mol. The molecule has 1 N–H and O–H groups in total. The molecule has 168 valence electrons. The van der Waals surface area contributed by atoms with Crippen LogP contribution in [0.25, 0.3) is 0 Å². The number of hydrogen-bond acceptors (Lipinski definition) is 6. The molecule has 0 atom stereocenters. The maximum absolute atomic E-state index is 12.6. The first kappa shape index (κ1) is 22.8. The lowest BCUT2D eigenvalue weighted by Crippen LogP contribution is -2.32. The molecule has 3 rings (SSSR count). The molecule has 1 aromatic carbocycles. The fourth-order valence-electron chi connectivity index (χ4n) is 3.11. The third-order valence-electron chi connectivity index (χ3n) is 4.74.